The van der Waals surface area contributed by atoms with Crippen LogP contribution in [0.15, 0.2) is 33.9 Å². The first-order valence-electron chi connectivity index (χ1n) is 5.38. The number of amidine groups is 1. The van der Waals surface area contributed by atoms with E-state index in [9.17, 15) is 4.79 Å². The summed E-state index contributed by atoms with van der Waals surface area (Å²) in [4.78, 5) is 11.8. The monoisotopic (exact) mass is 313 g/mol. The Morgan fingerprint density at radius 2 is 2.00 bits per heavy atom. The number of nitrogens with zero attached hydrogens (tertiary/aromatic N) is 1. The van der Waals surface area contributed by atoms with Crippen molar-refractivity contribution in [2.75, 3.05) is 6.54 Å². The number of nitrogens with one attached hydrogen (secondary N) is 1. The second kappa shape index (κ2) is 5.86. The molecule has 98 valence electrons. The lowest BCUT2D eigenvalue weighted by molar-refractivity contribution is 0.0944. The van der Waals surface area contributed by atoms with Crippen LogP contribution in [0.1, 0.15) is 24.2 Å². The zero-order valence-corrected chi connectivity index (χ0v) is 11.9. The lowest BCUT2D eigenvalue weighted by Crippen LogP contribution is -2.42. The van der Waals surface area contributed by atoms with E-state index in [1.54, 1.807) is 38.1 Å². The molecule has 18 heavy (non-hydrogen) atoms. The Balaban J connectivity index is 2.64. The Hall–Kier alpha value is -1.56. The molecule has 0 aromatic heterocycles. The number of rotatable bonds is 4. The largest absolute Gasteiger partial charge is 0.409 e. The van der Waals surface area contributed by atoms with E-state index in [2.05, 4.69) is 26.4 Å². The summed E-state index contributed by atoms with van der Waals surface area (Å²) in [5, 5.41) is 14.3. The molecule has 0 radical (unpaired) electrons. The highest BCUT2D eigenvalue weighted by Crippen LogP contribution is 2.14. The fourth-order valence-corrected chi connectivity index (χ4v) is 1.49. The summed E-state index contributed by atoms with van der Waals surface area (Å²) in [6.07, 6.45) is 0. The number of oxime groups is 1. The van der Waals surface area contributed by atoms with Crippen LogP contribution in [0.4, 0.5) is 0 Å². The van der Waals surface area contributed by atoms with Gasteiger partial charge in [-0.15, -0.1) is 0 Å². The number of carbonyl (C=O) groups is 1. The van der Waals surface area contributed by atoms with Gasteiger partial charge in [-0.05, 0) is 24.3 Å². The van der Waals surface area contributed by atoms with Gasteiger partial charge in [0.25, 0.3) is 5.91 Å². The quantitative estimate of drug-likeness (QED) is 0.343. The number of hydrogen-bond donors (Lipinski definition) is 3. The molecule has 1 amide bonds. The molecule has 1 rings (SSSR count). The first-order chi connectivity index (χ1) is 8.36. The van der Waals surface area contributed by atoms with Gasteiger partial charge in [0.15, 0.2) is 0 Å². The van der Waals surface area contributed by atoms with Crippen molar-refractivity contribution in [1.29, 1.82) is 0 Å². The van der Waals surface area contributed by atoms with Crippen molar-refractivity contribution < 1.29 is 10.0 Å². The van der Waals surface area contributed by atoms with E-state index in [1.807, 2.05) is 0 Å². The van der Waals surface area contributed by atoms with E-state index in [1.165, 1.54) is 0 Å². The maximum absolute atomic E-state index is 11.8. The first kappa shape index (κ1) is 14.5. The highest BCUT2D eigenvalue weighted by atomic mass is 79.9. The molecule has 4 N–H and O–H groups in total. The van der Waals surface area contributed by atoms with Crippen molar-refractivity contribution in [3.63, 3.8) is 0 Å². The highest BCUT2D eigenvalue weighted by Gasteiger charge is 2.24. The molecule has 6 heteroatoms. The van der Waals surface area contributed by atoms with Gasteiger partial charge in [0, 0.05) is 22.0 Å². The maximum atomic E-state index is 11.8. The molecule has 0 unspecified atom stereocenters. The van der Waals surface area contributed by atoms with Crippen molar-refractivity contribution in [2.24, 2.45) is 16.3 Å². The van der Waals surface area contributed by atoms with Crippen molar-refractivity contribution in [3.05, 3.63) is 34.3 Å². The van der Waals surface area contributed by atoms with Gasteiger partial charge >= 0.3 is 0 Å². The average Bonchev–Trinajstić information content (AvgIpc) is 2.35. The van der Waals surface area contributed by atoms with Crippen LogP contribution in [0.25, 0.3) is 0 Å². The standard InChI is InChI=1S/C12H16BrN3O2/c1-12(2,11(14)16-18)7-15-10(17)8-3-5-9(13)6-4-8/h3-6,18H,7H2,1-2H3,(H2,14,16)(H,15,17). The van der Waals surface area contributed by atoms with E-state index in [4.69, 9.17) is 10.9 Å². The second-order valence-corrected chi connectivity index (χ2v) is 5.47. The Kier molecular flexibility index (Phi) is 4.72. The van der Waals surface area contributed by atoms with Crippen LogP contribution in [0.2, 0.25) is 0 Å². The van der Waals surface area contributed by atoms with E-state index >= 15 is 0 Å². The highest BCUT2D eigenvalue weighted by molar-refractivity contribution is 9.10. The number of amides is 1. The summed E-state index contributed by atoms with van der Waals surface area (Å²) in [5.74, 6) is -0.111. The van der Waals surface area contributed by atoms with Gasteiger partial charge < -0.3 is 16.3 Å². The zero-order valence-electron chi connectivity index (χ0n) is 10.3. The summed E-state index contributed by atoms with van der Waals surface area (Å²) >= 11 is 3.30. The molecule has 0 aliphatic carbocycles. The van der Waals surface area contributed by atoms with Gasteiger partial charge in [-0.25, -0.2) is 0 Å². The van der Waals surface area contributed by atoms with Crippen LogP contribution < -0.4 is 11.1 Å². The van der Waals surface area contributed by atoms with E-state index < -0.39 is 5.41 Å². The smallest absolute Gasteiger partial charge is 0.251 e. The van der Waals surface area contributed by atoms with Gasteiger partial charge in [-0.3, -0.25) is 4.79 Å². The molecule has 0 aliphatic rings. The first-order valence-corrected chi connectivity index (χ1v) is 6.18. The molecular weight excluding hydrogens is 298 g/mol. The van der Waals surface area contributed by atoms with Crippen LogP contribution in [0, 0.1) is 5.41 Å². The van der Waals surface area contributed by atoms with Gasteiger partial charge in [-0.2, -0.15) is 0 Å². The minimum atomic E-state index is -0.597. The Labute approximate surface area is 114 Å². The minimum Gasteiger partial charge on any atom is -0.409 e. The number of hydrogen-bond acceptors (Lipinski definition) is 3. The second-order valence-electron chi connectivity index (χ2n) is 4.56. The summed E-state index contributed by atoms with van der Waals surface area (Å²) in [6.45, 7) is 3.85. The van der Waals surface area contributed by atoms with E-state index in [0.29, 0.717) is 5.56 Å². The third-order valence-electron chi connectivity index (χ3n) is 2.60. The van der Waals surface area contributed by atoms with Gasteiger partial charge in [-0.1, -0.05) is 34.9 Å². The molecule has 0 bridgehead atoms. The fraction of sp³-hybridized carbons (Fsp3) is 0.333. The predicted molar refractivity (Wildman–Crippen MR) is 73.7 cm³/mol. The zero-order chi connectivity index (χ0) is 13.8. The number of nitrogens with two attached hydrogens (primary N) is 1. The number of carbonyl (C=O) groups excluding carboxylic acids is 1. The molecule has 5 nitrogen and oxygen atoms in total. The third kappa shape index (κ3) is 3.73. The number of benzene rings is 1. The van der Waals surface area contributed by atoms with Crippen LogP contribution in [-0.2, 0) is 0 Å². The molecule has 0 saturated carbocycles. The molecule has 1 aromatic rings. The number of halogens is 1. The Bertz CT molecular complexity index is 455. The summed E-state index contributed by atoms with van der Waals surface area (Å²) in [6, 6.07) is 7.03. The molecule has 0 aliphatic heterocycles. The van der Waals surface area contributed by atoms with Crippen LogP contribution >= 0.6 is 15.9 Å². The van der Waals surface area contributed by atoms with Crippen molar-refractivity contribution in [3.8, 4) is 0 Å². The van der Waals surface area contributed by atoms with Gasteiger partial charge in [0.05, 0.1) is 0 Å². The Morgan fingerprint density at radius 3 is 2.50 bits per heavy atom. The SMILES string of the molecule is CC(C)(CNC(=O)c1ccc(Br)cc1)/C(N)=N/O. The summed E-state index contributed by atoms with van der Waals surface area (Å²) < 4.78 is 0.913. The van der Waals surface area contributed by atoms with Crippen LogP contribution in [-0.4, -0.2) is 23.5 Å². The molecule has 1 aromatic carbocycles. The lowest BCUT2D eigenvalue weighted by Gasteiger charge is -2.23. The Morgan fingerprint density at radius 1 is 1.44 bits per heavy atom. The molecule has 0 spiro atoms. The van der Waals surface area contributed by atoms with Crippen molar-refractivity contribution in [1.82, 2.24) is 5.32 Å². The molecular formula is C12H16BrN3O2. The summed E-state index contributed by atoms with van der Waals surface area (Å²) in [7, 11) is 0. The predicted octanol–water partition coefficient (Wildman–Crippen LogP) is 1.95. The lowest BCUT2D eigenvalue weighted by atomic mass is 9.92. The van der Waals surface area contributed by atoms with E-state index in [-0.39, 0.29) is 18.3 Å². The average molecular weight is 314 g/mol. The normalized spacial score (nSPS) is 12.3. The maximum Gasteiger partial charge on any atom is 0.251 e. The van der Waals surface area contributed by atoms with Gasteiger partial charge in [0.2, 0.25) is 0 Å². The van der Waals surface area contributed by atoms with Gasteiger partial charge in [0.1, 0.15) is 5.84 Å². The fourth-order valence-electron chi connectivity index (χ4n) is 1.23. The molecule has 0 saturated heterocycles. The third-order valence-corrected chi connectivity index (χ3v) is 3.13. The topological polar surface area (TPSA) is 87.7 Å². The molecule has 0 fully saturated rings. The summed E-state index contributed by atoms with van der Waals surface area (Å²) in [5.41, 5.74) is 5.50. The molecule has 0 atom stereocenters. The van der Waals surface area contributed by atoms with Crippen LogP contribution in [0.5, 0.6) is 0 Å². The minimum absolute atomic E-state index is 0.0820. The molecule has 0 heterocycles. The van der Waals surface area contributed by atoms with Crippen molar-refractivity contribution >= 4 is 27.7 Å². The van der Waals surface area contributed by atoms with Crippen molar-refractivity contribution in [2.45, 2.75) is 13.8 Å². The van der Waals surface area contributed by atoms with E-state index in [0.717, 1.165) is 4.47 Å². The van der Waals surface area contributed by atoms with Crippen LogP contribution in [0.3, 0.4) is 0 Å².